The Labute approximate surface area is 118 Å². The van der Waals surface area contributed by atoms with Crippen molar-refractivity contribution in [1.29, 1.82) is 0 Å². The normalized spacial score (nSPS) is 20.4. The summed E-state index contributed by atoms with van der Waals surface area (Å²) < 4.78 is 0. The molecule has 0 aromatic heterocycles. The van der Waals surface area contributed by atoms with Crippen molar-refractivity contribution in [2.24, 2.45) is 17.8 Å². The van der Waals surface area contributed by atoms with E-state index in [0.29, 0.717) is 18.3 Å². The van der Waals surface area contributed by atoms with Crippen LogP contribution in [-0.2, 0) is 4.79 Å². The zero-order valence-electron chi connectivity index (χ0n) is 12.8. The Kier molecular flexibility index (Phi) is 7.44. The average molecular weight is 269 g/mol. The zero-order valence-corrected chi connectivity index (χ0v) is 12.8. The number of nitrogens with one attached hydrogen (secondary N) is 1. The van der Waals surface area contributed by atoms with Crippen LogP contribution in [0.15, 0.2) is 0 Å². The number of hydrogen-bond acceptors (Lipinski definition) is 2. The molecule has 0 bridgehead atoms. The fraction of sp³-hybridized carbons (Fsp3) is 0.938. The van der Waals surface area contributed by atoms with Crippen LogP contribution in [-0.4, -0.2) is 23.7 Å². The van der Waals surface area contributed by atoms with E-state index in [4.69, 9.17) is 0 Å². The molecule has 2 atom stereocenters. The molecule has 3 heteroatoms. The van der Waals surface area contributed by atoms with E-state index in [1.807, 2.05) is 0 Å². The summed E-state index contributed by atoms with van der Waals surface area (Å²) in [6, 6.07) is -0.381. The topological polar surface area (TPSA) is 49.3 Å². The highest BCUT2D eigenvalue weighted by molar-refractivity contribution is 5.73. The van der Waals surface area contributed by atoms with E-state index >= 15 is 0 Å². The van der Waals surface area contributed by atoms with Crippen molar-refractivity contribution in [2.45, 2.75) is 71.8 Å². The molecule has 0 amide bonds. The van der Waals surface area contributed by atoms with E-state index in [0.717, 1.165) is 12.5 Å². The zero-order chi connectivity index (χ0) is 14.3. The molecule has 0 aromatic carbocycles. The minimum absolute atomic E-state index is 0.381. The molecule has 0 heterocycles. The van der Waals surface area contributed by atoms with Gasteiger partial charge in [0.15, 0.2) is 0 Å². The van der Waals surface area contributed by atoms with Gasteiger partial charge in [-0.05, 0) is 37.1 Å². The van der Waals surface area contributed by atoms with Gasteiger partial charge >= 0.3 is 5.97 Å². The summed E-state index contributed by atoms with van der Waals surface area (Å²) in [4.78, 5) is 11.2. The first-order chi connectivity index (χ1) is 8.99. The molecule has 112 valence electrons. The van der Waals surface area contributed by atoms with Gasteiger partial charge in [0.05, 0.1) is 0 Å². The fourth-order valence-electron chi connectivity index (χ4n) is 3.16. The van der Waals surface area contributed by atoms with E-state index in [-0.39, 0.29) is 6.04 Å². The Bertz CT molecular complexity index is 259. The van der Waals surface area contributed by atoms with Crippen LogP contribution < -0.4 is 5.32 Å². The third kappa shape index (κ3) is 6.95. The van der Waals surface area contributed by atoms with Gasteiger partial charge < -0.3 is 10.4 Å². The van der Waals surface area contributed by atoms with Crippen LogP contribution >= 0.6 is 0 Å². The van der Waals surface area contributed by atoms with E-state index < -0.39 is 5.97 Å². The van der Waals surface area contributed by atoms with Crippen LogP contribution in [0.3, 0.4) is 0 Å². The Morgan fingerprint density at radius 3 is 2.37 bits per heavy atom. The number of carboxylic acids is 1. The van der Waals surface area contributed by atoms with Crippen molar-refractivity contribution >= 4 is 5.97 Å². The van der Waals surface area contributed by atoms with E-state index in [1.165, 1.54) is 38.5 Å². The van der Waals surface area contributed by atoms with Gasteiger partial charge in [-0.15, -0.1) is 0 Å². The number of aliphatic carboxylic acids is 1. The van der Waals surface area contributed by atoms with E-state index in [9.17, 15) is 9.90 Å². The van der Waals surface area contributed by atoms with Gasteiger partial charge in [-0.3, -0.25) is 4.79 Å². The maximum absolute atomic E-state index is 11.2. The molecule has 1 aliphatic rings. The summed E-state index contributed by atoms with van der Waals surface area (Å²) in [6.45, 7) is 7.22. The van der Waals surface area contributed by atoms with Crippen molar-refractivity contribution in [3.63, 3.8) is 0 Å². The first-order valence-corrected chi connectivity index (χ1v) is 7.95. The predicted octanol–water partition coefficient (Wildman–Crippen LogP) is 3.68. The molecule has 19 heavy (non-hydrogen) atoms. The molecule has 0 aliphatic heterocycles. The predicted molar refractivity (Wildman–Crippen MR) is 79.2 cm³/mol. The standard InChI is InChI=1S/C16H31NO2/c1-12(2)9-15(16(18)19)17-11-13(3)10-14-7-5-4-6-8-14/h12-15,17H,4-11H2,1-3H3,(H,18,19)/t13?,15-/m0/s1. The van der Waals surface area contributed by atoms with Gasteiger partial charge in [-0.25, -0.2) is 0 Å². The third-order valence-electron chi connectivity index (χ3n) is 4.18. The Morgan fingerprint density at radius 1 is 1.21 bits per heavy atom. The van der Waals surface area contributed by atoms with Crippen molar-refractivity contribution in [3.05, 3.63) is 0 Å². The summed E-state index contributed by atoms with van der Waals surface area (Å²) in [5.41, 5.74) is 0. The molecule has 0 saturated heterocycles. The fourth-order valence-corrected chi connectivity index (χ4v) is 3.16. The summed E-state index contributed by atoms with van der Waals surface area (Å²) in [5.74, 6) is 1.16. The SMILES string of the molecule is CC(C)C[C@H](NCC(C)CC1CCCCC1)C(=O)O. The Morgan fingerprint density at radius 2 is 1.84 bits per heavy atom. The first kappa shape index (κ1) is 16.5. The van der Waals surface area contributed by atoms with Gasteiger partial charge in [-0.1, -0.05) is 52.9 Å². The highest BCUT2D eigenvalue weighted by Crippen LogP contribution is 2.28. The van der Waals surface area contributed by atoms with E-state index in [1.54, 1.807) is 0 Å². The number of carboxylic acid groups (broad SMARTS) is 1. The Hall–Kier alpha value is -0.570. The lowest BCUT2D eigenvalue weighted by Gasteiger charge is -2.26. The number of hydrogen-bond donors (Lipinski definition) is 2. The van der Waals surface area contributed by atoms with Gasteiger partial charge in [0, 0.05) is 0 Å². The number of carbonyl (C=O) groups is 1. The molecule has 0 radical (unpaired) electrons. The van der Waals surface area contributed by atoms with Crippen LogP contribution in [0.4, 0.5) is 0 Å². The lowest BCUT2D eigenvalue weighted by Crippen LogP contribution is -2.40. The summed E-state index contributed by atoms with van der Waals surface area (Å²) in [7, 11) is 0. The maximum atomic E-state index is 11.2. The quantitative estimate of drug-likeness (QED) is 0.706. The van der Waals surface area contributed by atoms with Crippen LogP contribution in [0.1, 0.15) is 65.7 Å². The summed E-state index contributed by atoms with van der Waals surface area (Å²) >= 11 is 0. The smallest absolute Gasteiger partial charge is 0.320 e. The lowest BCUT2D eigenvalue weighted by atomic mass is 9.83. The highest BCUT2D eigenvalue weighted by atomic mass is 16.4. The number of rotatable bonds is 8. The maximum Gasteiger partial charge on any atom is 0.320 e. The van der Waals surface area contributed by atoms with Crippen LogP contribution in [0, 0.1) is 17.8 Å². The molecule has 0 spiro atoms. The molecule has 2 N–H and O–H groups in total. The molecular formula is C16H31NO2. The summed E-state index contributed by atoms with van der Waals surface area (Å²) in [6.07, 6.45) is 8.88. The molecule has 1 rings (SSSR count). The van der Waals surface area contributed by atoms with Crippen LogP contribution in [0.25, 0.3) is 0 Å². The molecule has 0 aromatic rings. The molecule has 1 saturated carbocycles. The average Bonchev–Trinajstić information content (AvgIpc) is 2.35. The van der Waals surface area contributed by atoms with Crippen molar-refractivity contribution < 1.29 is 9.90 Å². The van der Waals surface area contributed by atoms with Gasteiger partial charge in [0.2, 0.25) is 0 Å². The monoisotopic (exact) mass is 269 g/mol. The van der Waals surface area contributed by atoms with Crippen molar-refractivity contribution in [3.8, 4) is 0 Å². The van der Waals surface area contributed by atoms with Crippen molar-refractivity contribution in [1.82, 2.24) is 5.32 Å². The molecular weight excluding hydrogens is 238 g/mol. The second-order valence-electron chi connectivity index (χ2n) is 6.77. The largest absolute Gasteiger partial charge is 0.480 e. The molecule has 3 nitrogen and oxygen atoms in total. The second kappa shape index (κ2) is 8.57. The van der Waals surface area contributed by atoms with Gasteiger partial charge in [0.1, 0.15) is 6.04 Å². The van der Waals surface area contributed by atoms with Crippen LogP contribution in [0.5, 0.6) is 0 Å². The van der Waals surface area contributed by atoms with Gasteiger partial charge in [0.25, 0.3) is 0 Å². The summed E-state index contributed by atoms with van der Waals surface area (Å²) in [5, 5.41) is 12.4. The van der Waals surface area contributed by atoms with E-state index in [2.05, 4.69) is 26.1 Å². The lowest BCUT2D eigenvalue weighted by molar-refractivity contribution is -0.140. The molecule has 1 fully saturated rings. The highest BCUT2D eigenvalue weighted by Gasteiger charge is 2.21. The minimum Gasteiger partial charge on any atom is -0.480 e. The third-order valence-corrected chi connectivity index (χ3v) is 4.18. The first-order valence-electron chi connectivity index (χ1n) is 7.95. The molecule has 1 aliphatic carbocycles. The molecule has 1 unspecified atom stereocenters. The van der Waals surface area contributed by atoms with Crippen molar-refractivity contribution in [2.75, 3.05) is 6.54 Å². The van der Waals surface area contributed by atoms with Gasteiger partial charge in [-0.2, -0.15) is 0 Å². The van der Waals surface area contributed by atoms with Crippen LogP contribution in [0.2, 0.25) is 0 Å². The Balaban J connectivity index is 2.26. The second-order valence-corrected chi connectivity index (χ2v) is 6.77. The minimum atomic E-state index is -0.710.